The number of hydrogen-bond donors (Lipinski definition) is 2. The van der Waals surface area contributed by atoms with Gasteiger partial charge in [-0.3, -0.25) is 4.79 Å². The summed E-state index contributed by atoms with van der Waals surface area (Å²) < 4.78 is 11.1. The van der Waals surface area contributed by atoms with Gasteiger partial charge in [-0.25, -0.2) is 4.79 Å². The SMILES string of the molecule is O=C(O)c1ccccc1-c1ccccc1C(=O)NCCCOCC1CCOCC1. The van der Waals surface area contributed by atoms with E-state index >= 15 is 0 Å². The normalized spacial score (nSPS) is 14.5. The molecule has 1 saturated heterocycles. The second-order valence-corrected chi connectivity index (χ2v) is 7.14. The number of hydrogen-bond acceptors (Lipinski definition) is 4. The summed E-state index contributed by atoms with van der Waals surface area (Å²) in [5.74, 6) is -0.665. The third-order valence-corrected chi connectivity index (χ3v) is 5.06. The minimum Gasteiger partial charge on any atom is -0.478 e. The molecule has 0 bridgehead atoms. The van der Waals surface area contributed by atoms with Crippen LogP contribution in [0.2, 0.25) is 0 Å². The number of carbonyl (C=O) groups is 2. The molecule has 1 aliphatic heterocycles. The molecule has 0 aromatic heterocycles. The maximum Gasteiger partial charge on any atom is 0.336 e. The van der Waals surface area contributed by atoms with Crippen LogP contribution in [0.1, 0.15) is 40.0 Å². The number of nitrogens with one attached hydrogen (secondary N) is 1. The highest BCUT2D eigenvalue weighted by Crippen LogP contribution is 2.27. The van der Waals surface area contributed by atoms with Crippen molar-refractivity contribution in [1.82, 2.24) is 5.32 Å². The van der Waals surface area contributed by atoms with Crippen molar-refractivity contribution in [2.24, 2.45) is 5.92 Å². The molecule has 3 rings (SSSR count). The van der Waals surface area contributed by atoms with Gasteiger partial charge >= 0.3 is 5.97 Å². The van der Waals surface area contributed by atoms with Gasteiger partial charge < -0.3 is 19.9 Å². The summed E-state index contributed by atoms with van der Waals surface area (Å²) >= 11 is 0. The molecular weight excluding hydrogens is 370 g/mol. The molecule has 0 saturated carbocycles. The van der Waals surface area contributed by atoms with Crippen LogP contribution >= 0.6 is 0 Å². The Morgan fingerprint density at radius 3 is 2.31 bits per heavy atom. The Morgan fingerprint density at radius 1 is 1.00 bits per heavy atom. The van der Waals surface area contributed by atoms with Crippen molar-refractivity contribution in [3.63, 3.8) is 0 Å². The van der Waals surface area contributed by atoms with Gasteiger partial charge in [-0.05, 0) is 48.4 Å². The van der Waals surface area contributed by atoms with Crippen LogP contribution in [0.5, 0.6) is 0 Å². The van der Waals surface area contributed by atoms with E-state index in [1.54, 1.807) is 48.5 Å². The molecule has 0 radical (unpaired) electrons. The van der Waals surface area contributed by atoms with Gasteiger partial charge in [-0.2, -0.15) is 0 Å². The predicted molar refractivity (Wildman–Crippen MR) is 110 cm³/mol. The van der Waals surface area contributed by atoms with Crippen LogP contribution in [-0.4, -0.2) is 50.0 Å². The van der Waals surface area contributed by atoms with Gasteiger partial charge in [0.25, 0.3) is 5.91 Å². The molecule has 2 aromatic rings. The van der Waals surface area contributed by atoms with E-state index in [0.29, 0.717) is 35.8 Å². The summed E-state index contributed by atoms with van der Waals surface area (Å²) in [6, 6.07) is 13.8. The van der Waals surface area contributed by atoms with Crippen LogP contribution in [0, 0.1) is 5.92 Å². The monoisotopic (exact) mass is 397 g/mol. The van der Waals surface area contributed by atoms with E-state index in [4.69, 9.17) is 9.47 Å². The number of carboxylic acids is 1. The lowest BCUT2D eigenvalue weighted by molar-refractivity contribution is 0.0202. The number of amides is 1. The molecule has 1 heterocycles. The number of carboxylic acid groups (broad SMARTS) is 1. The molecule has 2 aromatic carbocycles. The molecule has 1 aliphatic rings. The molecular formula is C23H27NO5. The lowest BCUT2D eigenvalue weighted by Gasteiger charge is -2.21. The van der Waals surface area contributed by atoms with Gasteiger partial charge in [0.1, 0.15) is 0 Å². The van der Waals surface area contributed by atoms with Crippen molar-refractivity contribution < 1.29 is 24.2 Å². The maximum atomic E-state index is 12.7. The molecule has 29 heavy (non-hydrogen) atoms. The van der Waals surface area contributed by atoms with Crippen LogP contribution in [-0.2, 0) is 9.47 Å². The van der Waals surface area contributed by atoms with E-state index in [1.165, 1.54) is 0 Å². The van der Waals surface area contributed by atoms with Crippen LogP contribution in [0.4, 0.5) is 0 Å². The van der Waals surface area contributed by atoms with E-state index in [2.05, 4.69) is 5.32 Å². The Morgan fingerprint density at radius 2 is 1.62 bits per heavy atom. The lowest BCUT2D eigenvalue weighted by atomic mass is 9.95. The lowest BCUT2D eigenvalue weighted by Crippen LogP contribution is -2.26. The quantitative estimate of drug-likeness (QED) is 0.632. The Labute approximate surface area is 170 Å². The highest BCUT2D eigenvalue weighted by atomic mass is 16.5. The average molecular weight is 397 g/mol. The molecule has 154 valence electrons. The fraction of sp³-hybridized carbons (Fsp3) is 0.391. The smallest absolute Gasteiger partial charge is 0.336 e. The Balaban J connectivity index is 1.53. The van der Waals surface area contributed by atoms with Crippen molar-refractivity contribution >= 4 is 11.9 Å². The average Bonchev–Trinajstić information content (AvgIpc) is 2.76. The molecule has 0 spiro atoms. The van der Waals surface area contributed by atoms with Crippen molar-refractivity contribution in [3.05, 3.63) is 59.7 Å². The fourth-order valence-electron chi connectivity index (χ4n) is 3.45. The summed E-state index contributed by atoms with van der Waals surface area (Å²) in [4.78, 5) is 24.2. The van der Waals surface area contributed by atoms with Crippen LogP contribution < -0.4 is 5.32 Å². The zero-order valence-electron chi connectivity index (χ0n) is 16.4. The van der Waals surface area contributed by atoms with E-state index in [0.717, 1.165) is 39.1 Å². The zero-order valence-corrected chi connectivity index (χ0v) is 16.4. The van der Waals surface area contributed by atoms with E-state index in [-0.39, 0.29) is 11.5 Å². The maximum absolute atomic E-state index is 12.7. The fourth-order valence-corrected chi connectivity index (χ4v) is 3.45. The van der Waals surface area contributed by atoms with Gasteiger partial charge in [-0.15, -0.1) is 0 Å². The summed E-state index contributed by atoms with van der Waals surface area (Å²) in [6.45, 7) is 3.47. The predicted octanol–water partition coefficient (Wildman–Crippen LogP) is 3.61. The first-order valence-corrected chi connectivity index (χ1v) is 10.0. The highest BCUT2D eigenvalue weighted by Gasteiger charge is 2.17. The Hall–Kier alpha value is -2.70. The minimum atomic E-state index is -1.02. The van der Waals surface area contributed by atoms with Crippen molar-refractivity contribution in [2.45, 2.75) is 19.3 Å². The molecule has 6 heteroatoms. The molecule has 6 nitrogen and oxygen atoms in total. The third-order valence-electron chi connectivity index (χ3n) is 5.06. The van der Waals surface area contributed by atoms with Crippen molar-refractivity contribution in [1.29, 1.82) is 0 Å². The molecule has 0 atom stereocenters. The van der Waals surface area contributed by atoms with Gasteiger partial charge in [0.15, 0.2) is 0 Å². The zero-order chi connectivity index (χ0) is 20.5. The number of ether oxygens (including phenoxy) is 2. The van der Waals surface area contributed by atoms with Gasteiger partial charge in [0.05, 0.1) is 5.56 Å². The second kappa shape index (κ2) is 10.7. The second-order valence-electron chi connectivity index (χ2n) is 7.14. The van der Waals surface area contributed by atoms with Crippen LogP contribution in [0.3, 0.4) is 0 Å². The molecule has 2 N–H and O–H groups in total. The molecule has 0 unspecified atom stereocenters. The van der Waals surface area contributed by atoms with Crippen molar-refractivity contribution in [3.8, 4) is 11.1 Å². The standard InChI is InChI=1S/C23H27NO5/c25-22(24-12-5-13-29-16-17-10-14-28-15-11-17)20-8-3-1-6-18(20)19-7-2-4-9-21(19)23(26)27/h1-4,6-9,17H,5,10-16H2,(H,24,25)(H,26,27). The summed E-state index contributed by atoms with van der Waals surface area (Å²) in [5, 5.41) is 12.4. The topological polar surface area (TPSA) is 84.9 Å². The summed E-state index contributed by atoms with van der Waals surface area (Å²) in [7, 11) is 0. The van der Waals surface area contributed by atoms with E-state index in [1.807, 2.05) is 0 Å². The van der Waals surface area contributed by atoms with Gasteiger partial charge in [0, 0.05) is 38.5 Å². The number of benzene rings is 2. The first kappa shape index (κ1) is 21.0. The van der Waals surface area contributed by atoms with E-state index in [9.17, 15) is 14.7 Å². The van der Waals surface area contributed by atoms with Gasteiger partial charge in [-0.1, -0.05) is 36.4 Å². The van der Waals surface area contributed by atoms with Crippen molar-refractivity contribution in [2.75, 3.05) is 33.0 Å². The number of rotatable bonds is 9. The third kappa shape index (κ3) is 5.89. The first-order valence-electron chi connectivity index (χ1n) is 10.0. The van der Waals surface area contributed by atoms with E-state index < -0.39 is 5.97 Å². The molecule has 1 fully saturated rings. The summed E-state index contributed by atoms with van der Waals surface area (Å²) in [5.41, 5.74) is 1.78. The number of aromatic carboxylic acids is 1. The Kier molecular flexibility index (Phi) is 7.78. The summed E-state index contributed by atoms with van der Waals surface area (Å²) in [6.07, 6.45) is 2.82. The van der Waals surface area contributed by atoms with Crippen LogP contribution in [0.15, 0.2) is 48.5 Å². The largest absolute Gasteiger partial charge is 0.478 e. The molecule has 1 amide bonds. The minimum absolute atomic E-state index is 0.175. The number of carbonyl (C=O) groups excluding carboxylic acids is 1. The molecule has 0 aliphatic carbocycles. The van der Waals surface area contributed by atoms with Crippen LogP contribution in [0.25, 0.3) is 11.1 Å². The van der Waals surface area contributed by atoms with Gasteiger partial charge in [0.2, 0.25) is 0 Å². The first-order chi connectivity index (χ1) is 14.2. The Bertz CT molecular complexity index is 830. The highest BCUT2D eigenvalue weighted by molar-refractivity contribution is 6.04.